The molecule has 0 saturated carbocycles. The van der Waals surface area contributed by atoms with E-state index in [2.05, 4.69) is 26.5 Å². The van der Waals surface area contributed by atoms with Crippen LogP contribution in [0.1, 0.15) is 27.4 Å². The summed E-state index contributed by atoms with van der Waals surface area (Å²) in [5, 5.41) is 5.03. The van der Waals surface area contributed by atoms with Gasteiger partial charge in [0.25, 0.3) is 0 Å². The fraction of sp³-hybridized carbons (Fsp3) is 0.143. The van der Waals surface area contributed by atoms with Gasteiger partial charge >= 0.3 is 5.91 Å². The Morgan fingerprint density at radius 2 is 2.03 bits per heavy atom. The van der Waals surface area contributed by atoms with Crippen molar-refractivity contribution >= 4 is 51.3 Å². The third kappa shape index (κ3) is 5.56. The number of hydrogen-bond donors (Lipinski definition) is 1. The average Bonchev–Trinajstić information content (AvgIpc) is 3.14. The lowest BCUT2D eigenvalue weighted by Crippen LogP contribution is -2.16. The second kappa shape index (κ2) is 10.0. The summed E-state index contributed by atoms with van der Waals surface area (Å²) in [6.45, 7) is 1.99. The van der Waals surface area contributed by atoms with Crippen molar-refractivity contribution < 1.29 is 18.7 Å². The van der Waals surface area contributed by atoms with Gasteiger partial charge < -0.3 is 13.9 Å². The van der Waals surface area contributed by atoms with Gasteiger partial charge in [0.2, 0.25) is 0 Å². The first kappa shape index (κ1) is 22.2. The minimum atomic E-state index is -0.440. The molecule has 1 aromatic heterocycles. The summed E-state index contributed by atoms with van der Waals surface area (Å²) in [6, 6.07) is 12.0. The molecular formula is C21H17BrCl2N2O4. The molecule has 3 aromatic rings. The largest absolute Gasteiger partial charge is 0.493 e. The number of carbonyl (C=O) groups is 1. The van der Waals surface area contributed by atoms with Gasteiger partial charge in [-0.2, -0.15) is 5.10 Å². The molecule has 9 heteroatoms. The lowest BCUT2D eigenvalue weighted by atomic mass is 10.2. The van der Waals surface area contributed by atoms with Gasteiger partial charge in [-0.3, -0.25) is 4.79 Å². The zero-order valence-corrected chi connectivity index (χ0v) is 19.1. The number of amides is 1. The number of halogens is 3. The lowest BCUT2D eigenvalue weighted by Gasteiger charge is -2.14. The van der Waals surface area contributed by atoms with Crippen molar-refractivity contribution in [2.75, 3.05) is 7.11 Å². The van der Waals surface area contributed by atoms with Gasteiger partial charge in [-0.1, -0.05) is 29.3 Å². The molecule has 0 aliphatic carbocycles. The molecule has 0 fully saturated rings. The highest BCUT2D eigenvalue weighted by molar-refractivity contribution is 9.10. The van der Waals surface area contributed by atoms with E-state index in [0.29, 0.717) is 37.3 Å². The van der Waals surface area contributed by atoms with Crippen molar-refractivity contribution in [3.63, 3.8) is 0 Å². The monoisotopic (exact) mass is 510 g/mol. The number of aryl methyl sites for hydroxylation is 1. The van der Waals surface area contributed by atoms with Crippen LogP contribution in [0.3, 0.4) is 0 Å². The van der Waals surface area contributed by atoms with Crippen LogP contribution >= 0.6 is 39.1 Å². The van der Waals surface area contributed by atoms with Crippen molar-refractivity contribution in [3.8, 4) is 11.5 Å². The van der Waals surface area contributed by atoms with Crippen LogP contribution in [0.2, 0.25) is 10.0 Å². The molecule has 1 amide bonds. The summed E-state index contributed by atoms with van der Waals surface area (Å²) >= 11 is 15.6. The molecule has 0 atom stereocenters. The third-order valence-corrected chi connectivity index (χ3v) is 5.16. The molecule has 0 spiro atoms. The molecule has 2 aromatic carbocycles. The van der Waals surface area contributed by atoms with Crippen LogP contribution in [0.25, 0.3) is 0 Å². The van der Waals surface area contributed by atoms with Crippen molar-refractivity contribution in [1.29, 1.82) is 0 Å². The summed E-state index contributed by atoms with van der Waals surface area (Å²) in [6.07, 6.45) is 1.49. The van der Waals surface area contributed by atoms with E-state index in [1.165, 1.54) is 13.3 Å². The van der Waals surface area contributed by atoms with Gasteiger partial charge in [-0.15, -0.1) is 0 Å². The molecule has 0 radical (unpaired) electrons. The topological polar surface area (TPSA) is 73.1 Å². The van der Waals surface area contributed by atoms with Gasteiger partial charge in [-0.05, 0) is 64.8 Å². The van der Waals surface area contributed by atoms with Crippen LogP contribution in [-0.2, 0) is 6.61 Å². The normalized spacial score (nSPS) is 11.0. The van der Waals surface area contributed by atoms with E-state index in [4.69, 9.17) is 37.1 Å². The molecule has 1 N–H and O–H groups in total. The molecule has 1 heterocycles. The fourth-order valence-electron chi connectivity index (χ4n) is 2.52. The second-order valence-corrected chi connectivity index (χ2v) is 7.87. The SMILES string of the molecule is COc1cc(/C=N\NC(=O)c2ccc(C)o2)cc(Br)c1OCc1ccc(Cl)cc1Cl. The van der Waals surface area contributed by atoms with Crippen LogP contribution in [-0.4, -0.2) is 19.2 Å². The zero-order valence-electron chi connectivity index (χ0n) is 16.0. The number of hydrazone groups is 1. The van der Waals surface area contributed by atoms with E-state index >= 15 is 0 Å². The highest BCUT2D eigenvalue weighted by Crippen LogP contribution is 2.37. The molecule has 30 heavy (non-hydrogen) atoms. The Kier molecular flexibility index (Phi) is 7.42. The molecule has 0 aliphatic heterocycles. The summed E-state index contributed by atoms with van der Waals surface area (Å²) in [5.74, 6) is 1.39. The summed E-state index contributed by atoms with van der Waals surface area (Å²) in [4.78, 5) is 12.0. The number of furan rings is 1. The maximum absolute atomic E-state index is 12.0. The second-order valence-electron chi connectivity index (χ2n) is 6.17. The Morgan fingerprint density at radius 3 is 2.70 bits per heavy atom. The Morgan fingerprint density at radius 1 is 1.23 bits per heavy atom. The van der Waals surface area contributed by atoms with Crippen molar-refractivity contribution in [2.24, 2.45) is 5.10 Å². The van der Waals surface area contributed by atoms with Gasteiger partial charge in [-0.25, -0.2) is 5.43 Å². The fourth-order valence-corrected chi connectivity index (χ4v) is 3.56. The quantitative estimate of drug-likeness (QED) is 0.311. The first-order valence-electron chi connectivity index (χ1n) is 8.71. The number of rotatable bonds is 7. The van der Waals surface area contributed by atoms with Crippen LogP contribution in [0.4, 0.5) is 0 Å². The number of benzene rings is 2. The first-order chi connectivity index (χ1) is 14.4. The van der Waals surface area contributed by atoms with Gasteiger partial charge in [0, 0.05) is 15.6 Å². The van der Waals surface area contributed by atoms with Crippen molar-refractivity contribution in [2.45, 2.75) is 13.5 Å². The van der Waals surface area contributed by atoms with E-state index in [1.54, 1.807) is 49.4 Å². The molecule has 0 aliphatic rings. The maximum atomic E-state index is 12.0. The van der Waals surface area contributed by atoms with Crippen LogP contribution in [0.5, 0.6) is 11.5 Å². The molecule has 0 unspecified atom stereocenters. The minimum absolute atomic E-state index is 0.188. The standard InChI is InChI=1S/C21H17BrCl2N2O4/c1-12-3-6-18(30-12)21(27)26-25-10-13-7-16(22)20(19(8-13)28-2)29-11-14-4-5-15(23)9-17(14)24/h3-10H,11H2,1-2H3,(H,26,27)/b25-10-. The number of methoxy groups -OCH3 is 1. The van der Waals surface area contributed by atoms with E-state index in [-0.39, 0.29) is 12.4 Å². The molecule has 6 nitrogen and oxygen atoms in total. The number of ether oxygens (including phenoxy) is 2. The summed E-state index contributed by atoms with van der Waals surface area (Å²) in [5.41, 5.74) is 3.89. The van der Waals surface area contributed by atoms with Crippen LogP contribution < -0.4 is 14.9 Å². The van der Waals surface area contributed by atoms with Gasteiger partial charge in [0.05, 0.1) is 17.8 Å². The molecule has 0 bridgehead atoms. The van der Waals surface area contributed by atoms with E-state index in [0.717, 1.165) is 5.56 Å². The van der Waals surface area contributed by atoms with Crippen LogP contribution in [0, 0.1) is 6.92 Å². The summed E-state index contributed by atoms with van der Waals surface area (Å²) < 4.78 is 17.2. The van der Waals surface area contributed by atoms with Crippen LogP contribution in [0.15, 0.2) is 56.5 Å². The smallest absolute Gasteiger partial charge is 0.307 e. The lowest BCUT2D eigenvalue weighted by molar-refractivity contribution is 0.0926. The van der Waals surface area contributed by atoms with Crippen molar-refractivity contribution in [3.05, 3.63) is 79.6 Å². The Balaban J connectivity index is 1.70. The maximum Gasteiger partial charge on any atom is 0.307 e. The zero-order chi connectivity index (χ0) is 21.7. The van der Waals surface area contributed by atoms with E-state index in [9.17, 15) is 4.79 Å². The van der Waals surface area contributed by atoms with Crippen molar-refractivity contribution in [1.82, 2.24) is 5.43 Å². The highest BCUT2D eigenvalue weighted by Gasteiger charge is 2.13. The highest BCUT2D eigenvalue weighted by atomic mass is 79.9. The molecular weight excluding hydrogens is 495 g/mol. The van der Waals surface area contributed by atoms with E-state index in [1.807, 2.05) is 0 Å². The average molecular weight is 512 g/mol. The number of carbonyl (C=O) groups excluding carboxylic acids is 1. The predicted molar refractivity (Wildman–Crippen MR) is 120 cm³/mol. The summed E-state index contributed by atoms with van der Waals surface area (Å²) in [7, 11) is 1.53. The minimum Gasteiger partial charge on any atom is -0.493 e. The Hall–Kier alpha value is -2.48. The number of nitrogens with zero attached hydrogens (tertiary/aromatic N) is 1. The van der Waals surface area contributed by atoms with Gasteiger partial charge in [0.15, 0.2) is 17.3 Å². The Labute approximate surface area is 191 Å². The first-order valence-corrected chi connectivity index (χ1v) is 10.3. The Bertz CT molecular complexity index is 1100. The molecule has 0 saturated heterocycles. The third-order valence-electron chi connectivity index (χ3n) is 3.98. The predicted octanol–water partition coefficient (Wildman–Crippen LogP) is 6.01. The molecule has 3 rings (SSSR count). The number of nitrogens with one attached hydrogen (secondary N) is 1. The van der Waals surface area contributed by atoms with E-state index < -0.39 is 5.91 Å². The number of hydrogen-bond acceptors (Lipinski definition) is 5. The van der Waals surface area contributed by atoms with Gasteiger partial charge in [0.1, 0.15) is 12.4 Å². The molecule has 156 valence electrons.